The minimum absolute atomic E-state index is 0.0354. The molecule has 0 aromatic heterocycles. The quantitative estimate of drug-likeness (QED) is 0.0247. The number of carbonyl (C=O) groups excluding carboxylic acids is 14. The van der Waals surface area contributed by atoms with Crippen molar-refractivity contribution in [1.82, 2.24) is 63.4 Å². The first kappa shape index (κ1) is 82.8. The Bertz CT molecular complexity index is 3600. The van der Waals surface area contributed by atoms with E-state index in [0.29, 0.717) is 23.1 Å². The lowest BCUT2D eigenvalue weighted by Crippen LogP contribution is -2.61. The van der Waals surface area contributed by atoms with Gasteiger partial charge in [0, 0.05) is 45.2 Å². The number of benzene rings is 3. The number of carboxylic acids is 3. The Balaban J connectivity index is 1.49. The molecule has 2 heterocycles. The zero-order valence-electron chi connectivity index (χ0n) is 56.4. The maximum Gasteiger partial charge on any atom is 0.326 e. The van der Waals surface area contributed by atoms with Gasteiger partial charge in [-0.05, 0) is 98.9 Å². The van der Waals surface area contributed by atoms with Gasteiger partial charge in [0.1, 0.15) is 71.9 Å². The molecule has 3 aromatic carbocycles. The Kier molecular flexibility index (Phi) is 32.8. The van der Waals surface area contributed by atoms with E-state index in [2.05, 4.69) is 58.5 Å². The van der Waals surface area contributed by atoms with Crippen LogP contribution in [-0.2, 0) is 101 Å². The predicted octanol–water partition coefficient (Wildman–Crippen LogP) is -6.47. The molecular formula is C66H88N16O22. The summed E-state index contributed by atoms with van der Waals surface area (Å²) in [7, 11) is 0. The van der Waals surface area contributed by atoms with Crippen LogP contribution in [0.3, 0.4) is 0 Å². The summed E-state index contributed by atoms with van der Waals surface area (Å²) in [5.41, 5.74) is 23.3. The van der Waals surface area contributed by atoms with Crippen LogP contribution in [0.1, 0.15) is 100 Å². The third kappa shape index (κ3) is 27.9. The summed E-state index contributed by atoms with van der Waals surface area (Å²) in [6.45, 7) is -1.52. The van der Waals surface area contributed by atoms with Gasteiger partial charge in [-0.1, -0.05) is 54.6 Å². The zero-order chi connectivity index (χ0) is 76.7. The van der Waals surface area contributed by atoms with Crippen molar-refractivity contribution in [2.45, 2.75) is 169 Å². The topological polar surface area (TPSA) is 631 Å². The van der Waals surface area contributed by atoms with Crippen molar-refractivity contribution in [1.29, 1.82) is 0 Å². The van der Waals surface area contributed by atoms with Crippen molar-refractivity contribution in [3.8, 4) is 11.5 Å². The van der Waals surface area contributed by atoms with Gasteiger partial charge in [-0.25, -0.2) is 4.79 Å². The van der Waals surface area contributed by atoms with Crippen LogP contribution in [0.5, 0.6) is 11.5 Å². The third-order valence-corrected chi connectivity index (χ3v) is 16.5. The van der Waals surface area contributed by atoms with Gasteiger partial charge in [0.05, 0.1) is 31.8 Å². The van der Waals surface area contributed by atoms with Gasteiger partial charge in [0.15, 0.2) is 0 Å². The summed E-state index contributed by atoms with van der Waals surface area (Å²) < 4.78 is 0. The van der Waals surface area contributed by atoms with E-state index < -0.39 is 232 Å². The molecule has 2 aliphatic heterocycles. The largest absolute Gasteiger partial charge is 0.508 e. The molecule has 2 aliphatic rings. The second-order valence-electron chi connectivity index (χ2n) is 24.7. The van der Waals surface area contributed by atoms with Crippen LogP contribution in [0.2, 0.25) is 0 Å². The fourth-order valence-electron chi connectivity index (χ4n) is 11.1. The van der Waals surface area contributed by atoms with Crippen molar-refractivity contribution in [3.63, 3.8) is 0 Å². The highest BCUT2D eigenvalue weighted by Gasteiger charge is 2.42. The van der Waals surface area contributed by atoms with Gasteiger partial charge in [0.25, 0.3) is 0 Å². The number of nitrogens with one attached hydrogen (secondary N) is 11. The fraction of sp³-hybridized carbons (Fsp3) is 0.470. The number of carbonyl (C=O) groups is 17. The van der Waals surface area contributed by atoms with E-state index in [9.17, 15) is 107 Å². The van der Waals surface area contributed by atoms with E-state index in [1.54, 1.807) is 30.3 Å². The molecular weight excluding hydrogens is 1370 g/mol. The van der Waals surface area contributed by atoms with Crippen molar-refractivity contribution in [3.05, 3.63) is 95.6 Å². The normalized spacial score (nSPS) is 19.6. The van der Waals surface area contributed by atoms with E-state index in [1.807, 2.05) is 0 Å². The second-order valence-corrected chi connectivity index (χ2v) is 24.7. The third-order valence-electron chi connectivity index (χ3n) is 16.5. The number of hydrogen-bond acceptors (Lipinski definition) is 21. The van der Waals surface area contributed by atoms with E-state index in [1.165, 1.54) is 48.5 Å². The van der Waals surface area contributed by atoms with E-state index >= 15 is 0 Å². The number of rotatable bonds is 34. The lowest BCUT2D eigenvalue weighted by Gasteiger charge is -2.31. The molecule has 0 saturated carbocycles. The zero-order valence-corrected chi connectivity index (χ0v) is 56.4. The number of nitrogens with zero attached hydrogens (tertiary/aromatic N) is 1. The lowest BCUT2D eigenvalue weighted by atomic mass is 10.0. The lowest BCUT2D eigenvalue weighted by molar-refractivity contribution is -0.144. The molecule has 14 amide bonds. The molecule has 2 fully saturated rings. The van der Waals surface area contributed by atoms with Crippen LogP contribution < -0.4 is 81.4 Å². The summed E-state index contributed by atoms with van der Waals surface area (Å²) in [5.74, 6) is -20.2. The number of carboxylic acid groups (broad SMARTS) is 3. The number of aromatic hydroxyl groups is 2. The smallest absolute Gasteiger partial charge is 0.326 e. The van der Waals surface area contributed by atoms with Crippen LogP contribution >= 0.6 is 0 Å². The number of phenols is 2. The molecule has 38 nitrogen and oxygen atoms in total. The van der Waals surface area contributed by atoms with Gasteiger partial charge in [-0.2, -0.15) is 0 Å². The molecule has 0 aliphatic carbocycles. The number of phenolic OH excluding ortho intramolecular Hbond substituents is 2. The van der Waals surface area contributed by atoms with Crippen molar-refractivity contribution in [2.75, 3.05) is 26.2 Å². The van der Waals surface area contributed by atoms with Crippen LogP contribution in [0, 0.1) is 0 Å². The van der Waals surface area contributed by atoms with Crippen LogP contribution in [0.15, 0.2) is 78.9 Å². The molecule has 0 unspecified atom stereocenters. The van der Waals surface area contributed by atoms with Crippen molar-refractivity contribution >= 4 is 101 Å². The number of likely N-dealkylation sites (tertiary alicyclic amines) is 1. The monoisotopic (exact) mass is 1460 g/mol. The van der Waals surface area contributed by atoms with Crippen LogP contribution in [0.4, 0.5) is 0 Å². The van der Waals surface area contributed by atoms with E-state index in [0.717, 1.165) is 4.90 Å². The Hall–Kier alpha value is -11.8. The van der Waals surface area contributed by atoms with Gasteiger partial charge >= 0.3 is 17.9 Å². The SMILES string of the molecule is NCCCC[C@H]1NC(=O)[C@@H](Cc2ccc(O)cc2)NC(=O)[C@H](NC(=O)[C@@H]2CCCN2C(=O)[C@@H](CC(N)=O)NC(=O)[C@H](CCC(=O)O)NC(=O)[C@H](Cc2ccc(O)cc2)NC(=O)CNC(=O)[C@H](N)CC(N)=O)CC(=O)NCC[C@H](C(=O)N[C@H](CCC(=O)O)C(=O)O)NC(=O)[C@@H](Cc2ccccc2)NC1=O. The predicted molar refractivity (Wildman–Crippen MR) is 361 cm³/mol. The van der Waals surface area contributed by atoms with E-state index in [4.69, 9.17) is 22.9 Å². The maximum atomic E-state index is 14.9. The summed E-state index contributed by atoms with van der Waals surface area (Å²) in [6.07, 6.45) is -6.66. The minimum Gasteiger partial charge on any atom is -0.508 e. The number of nitrogens with two attached hydrogens (primary N) is 4. The Morgan fingerprint density at radius 1 is 0.567 bits per heavy atom. The van der Waals surface area contributed by atoms with Gasteiger partial charge in [0.2, 0.25) is 82.7 Å². The Labute approximate surface area is 594 Å². The average molecular weight is 1460 g/mol. The molecule has 0 spiro atoms. The molecule has 104 heavy (non-hydrogen) atoms. The first-order valence-corrected chi connectivity index (χ1v) is 33.2. The maximum absolute atomic E-state index is 14.9. The molecule has 0 bridgehead atoms. The highest BCUT2D eigenvalue weighted by atomic mass is 16.4. The highest BCUT2D eigenvalue weighted by molar-refractivity contribution is 6.01. The van der Waals surface area contributed by atoms with E-state index in [-0.39, 0.29) is 69.5 Å². The number of primary amides is 2. The number of unbranched alkanes of at least 4 members (excludes halogenated alkanes) is 1. The number of amides is 14. The molecule has 0 radical (unpaired) electrons. The standard InChI is InChI=1S/C66H88N16O22/c67-24-5-4-9-40-57(94)78-45(27-34-7-2-1-3-8-34)62(99)76-42(59(96)77-43(66(103)104)20-22-55(91)92)23-25-71-52(87)32-47(63(100)79-46(61(98)74-40)29-36-13-17-38(84)18-14-36)80-64(101)49-10-6-26-82(49)65(102)48(31-51(70)86)81-58(95)41(19-21-54(89)90)75-60(97)44(28-35-11-15-37(83)16-12-35)73-53(88)33-72-56(93)39(68)30-50(69)85/h1-3,7-8,11-18,39-49,83-84H,4-6,9-10,19-33,67-68H2,(H2,69,85)(H2,70,86)(H,71,87)(H,72,93)(H,73,88)(H,74,98)(H,75,97)(H,76,99)(H,77,96)(H,78,94)(H,79,100)(H,80,101)(H,81,95)(H,89,90)(H,91,92)(H,103,104)/t39-,40-,41+,42-,43-,44+,45-,46-,47-,48-,49+/m1/s1. The molecule has 24 N–H and O–H groups in total. The van der Waals surface area contributed by atoms with Gasteiger partial charge in [-0.15, -0.1) is 0 Å². The molecule has 2 saturated heterocycles. The molecule has 11 atom stereocenters. The molecule has 5 rings (SSSR count). The summed E-state index contributed by atoms with van der Waals surface area (Å²) in [4.78, 5) is 231. The molecule has 38 heteroatoms. The first-order chi connectivity index (χ1) is 49.3. The number of hydrogen-bond donors (Lipinski definition) is 20. The highest BCUT2D eigenvalue weighted by Crippen LogP contribution is 2.22. The second kappa shape index (κ2) is 41.2. The number of aliphatic carboxylic acids is 3. The van der Waals surface area contributed by atoms with Crippen LogP contribution in [0.25, 0.3) is 0 Å². The first-order valence-electron chi connectivity index (χ1n) is 33.2. The van der Waals surface area contributed by atoms with Crippen molar-refractivity contribution < 1.29 is 107 Å². The summed E-state index contributed by atoms with van der Waals surface area (Å²) in [5, 5.41) is 75.6. The minimum atomic E-state index is -2.01. The molecule has 3 aromatic rings. The Morgan fingerprint density at radius 3 is 1.69 bits per heavy atom. The fourth-order valence-corrected chi connectivity index (χ4v) is 11.1. The van der Waals surface area contributed by atoms with Gasteiger partial charge in [-0.3, -0.25) is 76.7 Å². The van der Waals surface area contributed by atoms with Crippen molar-refractivity contribution in [2.24, 2.45) is 22.9 Å². The van der Waals surface area contributed by atoms with Gasteiger partial charge < -0.3 is 112 Å². The summed E-state index contributed by atoms with van der Waals surface area (Å²) in [6, 6.07) is -0.00957. The molecule has 564 valence electrons. The summed E-state index contributed by atoms with van der Waals surface area (Å²) >= 11 is 0. The average Bonchev–Trinajstić information content (AvgIpc) is 1.59. The Morgan fingerprint density at radius 2 is 1.11 bits per heavy atom. The van der Waals surface area contributed by atoms with Crippen LogP contribution in [-0.4, -0.2) is 224 Å².